The number of methoxy groups -OCH3 is 1. The number of nitrogens with one attached hydrogen (secondary N) is 1. The Morgan fingerprint density at radius 1 is 1.62 bits per heavy atom. The molecule has 0 aliphatic heterocycles. The van der Waals surface area contributed by atoms with Gasteiger partial charge in [-0.15, -0.1) is 0 Å². The van der Waals surface area contributed by atoms with Gasteiger partial charge in [0.05, 0.1) is 36.0 Å². The number of ether oxygens (including phenoxy) is 1. The first-order valence-corrected chi connectivity index (χ1v) is 4.75. The summed E-state index contributed by atoms with van der Waals surface area (Å²) in [5, 5.41) is 11.3. The number of carbonyl (C=O) groups excluding carboxylic acids is 1. The van der Waals surface area contributed by atoms with Crippen LogP contribution in [0.3, 0.4) is 0 Å². The second-order valence-corrected chi connectivity index (χ2v) is 3.20. The van der Waals surface area contributed by atoms with Gasteiger partial charge in [-0.2, -0.15) is 5.26 Å². The SMILES string of the molecule is COCCC(=O)Nc1ccc(C#N)cc1N. The van der Waals surface area contributed by atoms with Crippen molar-refractivity contribution in [1.82, 2.24) is 0 Å². The zero-order chi connectivity index (χ0) is 12.0. The molecule has 5 heteroatoms. The summed E-state index contributed by atoms with van der Waals surface area (Å²) in [5.41, 5.74) is 7.04. The number of amides is 1. The maximum absolute atomic E-state index is 11.4. The summed E-state index contributed by atoms with van der Waals surface area (Å²) in [6, 6.07) is 6.70. The normalized spacial score (nSPS) is 9.50. The number of carbonyl (C=O) groups is 1. The molecule has 0 radical (unpaired) electrons. The molecule has 16 heavy (non-hydrogen) atoms. The van der Waals surface area contributed by atoms with E-state index in [1.54, 1.807) is 12.1 Å². The van der Waals surface area contributed by atoms with Gasteiger partial charge in [-0.3, -0.25) is 4.79 Å². The van der Waals surface area contributed by atoms with Crippen LogP contribution >= 0.6 is 0 Å². The van der Waals surface area contributed by atoms with E-state index in [0.717, 1.165) is 0 Å². The maximum atomic E-state index is 11.4. The zero-order valence-corrected chi connectivity index (χ0v) is 8.99. The van der Waals surface area contributed by atoms with Gasteiger partial charge in [0.15, 0.2) is 0 Å². The lowest BCUT2D eigenvalue weighted by Crippen LogP contribution is -2.14. The third-order valence-corrected chi connectivity index (χ3v) is 1.99. The monoisotopic (exact) mass is 219 g/mol. The highest BCUT2D eigenvalue weighted by Gasteiger charge is 2.05. The highest BCUT2D eigenvalue weighted by atomic mass is 16.5. The number of nitrogens with zero attached hydrogens (tertiary/aromatic N) is 1. The van der Waals surface area contributed by atoms with Gasteiger partial charge < -0.3 is 15.8 Å². The van der Waals surface area contributed by atoms with Gasteiger partial charge in [0.25, 0.3) is 0 Å². The van der Waals surface area contributed by atoms with E-state index in [1.807, 2.05) is 6.07 Å². The highest BCUT2D eigenvalue weighted by molar-refractivity contribution is 5.94. The van der Waals surface area contributed by atoms with Crippen LogP contribution in [0, 0.1) is 11.3 Å². The fourth-order valence-electron chi connectivity index (χ4n) is 1.15. The number of nitrogen functional groups attached to an aromatic ring is 1. The van der Waals surface area contributed by atoms with Crippen molar-refractivity contribution in [2.75, 3.05) is 24.8 Å². The average molecular weight is 219 g/mol. The minimum atomic E-state index is -0.168. The van der Waals surface area contributed by atoms with Crippen molar-refractivity contribution in [2.24, 2.45) is 0 Å². The third-order valence-electron chi connectivity index (χ3n) is 1.99. The summed E-state index contributed by atoms with van der Waals surface area (Å²) in [6.07, 6.45) is 0.274. The van der Waals surface area contributed by atoms with Gasteiger partial charge >= 0.3 is 0 Å². The minimum absolute atomic E-state index is 0.168. The van der Waals surface area contributed by atoms with Crippen molar-refractivity contribution in [3.05, 3.63) is 23.8 Å². The summed E-state index contributed by atoms with van der Waals surface area (Å²) in [7, 11) is 1.53. The largest absolute Gasteiger partial charge is 0.397 e. The van der Waals surface area contributed by atoms with E-state index in [9.17, 15) is 4.79 Å². The Hall–Kier alpha value is -2.06. The maximum Gasteiger partial charge on any atom is 0.226 e. The standard InChI is InChI=1S/C11H13N3O2/c1-16-5-4-11(15)14-10-3-2-8(7-12)6-9(10)13/h2-3,6H,4-5,13H2,1H3,(H,14,15). The van der Waals surface area contributed by atoms with E-state index >= 15 is 0 Å². The van der Waals surface area contributed by atoms with Crippen LogP contribution in [0.1, 0.15) is 12.0 Å². The first kappa shape index (κ1) is 12.0. The van der Waals surface area contributed by atoms with Crippen LogP contribution in [-0.2, 0) is 9.53 Å². The Morgan fingerprint density at radius 2 is 2.38 bits per heavy atom. The predicted octanol–water partition coefficient (Wildman–Crippen LogP) is 1.12. The molecule has 0 unspecified atom stereocenters. The van der Waals surface area contributed by atoms with Crippen LogP contribution in [0.2, 0.25) is 0 Å². The van der Waals surface area contributed by atoms with E-state index in [-0.39, 0.29) is 12.3 Å². The van der Waals surface area contributed by atoms with Gasteiger partial charge in [0.2, 0.25) is 5.91 Å². The number of nitrogens with two attached hydrogens (primary N) is 1. The summed E-state index contributed by atoms with van der Waals surface area (Å²) >= 11 is 0. The summed E-state index contributed by atoms with van der Waals surface area (Å²) < 4.78 is 4.78. The average Bonchev–Trinajstić information content (AvgIpc) is 2.29. The van der Waals surface area contributed by atoms with E-state index < -0.39 is 0 Å². The zero-order valence-electron chi connectivity index (χ0n) is 8.99. The summed E-state index contributed by atoms with van der Waals surface area (Å²) in [5.74, 6) is -0.168. The summed E-state index contributed by atoms with van der Waals surface area (Å²) in [4.78, 5) is 11.4. The number of hydrogen-bond donors (Lipinski definition) is 2. The van der Waals surface area contributed by atoms with Gasteiger partial charge in [-0.05, 0) is 18.2 Å². The van der Waals surface area contributed by atoms with Crippen LogP contribution in [-0.4, -0.2) is 19.6 Å². The van der Waals surface area contributed by atoms with E-state index in [4.69, 9.17) is 15.7 Å². The number of rotatable bonds is 4. The van der Waals surface area contributed by atoms with Gasteiger partial charge in [-0.1, -0.05) is 0 Å². The minimum Gasteiger partial charge on any atom is -0.397 e. The molecule has 0 bridgehead atoms. The van der Waals surface area contributed by atoms with Crippen molar-refractivity contribution in [3.63, 3.8) is 0 Å². The lowest BCUT2D eigenvalue weighted by atomic mass is 10.2. The molecule has 0 aliphatic rings. The lowest BCUT2D eigenvalue weighted by molar-refractivity contribution is -0.117. The third kappa shape index (κ3) is 3.26. The lowest BCUT2D eigenvalue weighted by Gasteiger charge is -2.07. The molecule has 1 aromatic carbocycles. The smallest absolute Gasteiger partial charge is 0.226 e. The molecule has 1 aromatic rings. The Balaban J connectivity index is 2.68. The first-order chi connectivity index (χ1) is 7.67. The molecular formula is C11H13N3O2. The molecule has 1 rings (SSSR count). The van der Waals surface area contributed by atoms with Gasteiger partial charge in [0.1, 0.15) is 0 Å². The van der Waals surface area contributed by atoms with Crippen LogP contribution < -0.4 is 11.1 Å². The Kier molecular flexibility index (Phi) is 4.30. The van der Waals surface area contributed by atoms with Crippen LogP contribution in [0.5, 0.6) is 0 Å². The highest BCUT2D eigenvalue weighted by Crippen LogP contribution is 2.19. The molecule has 5 nitrogen and oxygen atoms in total. The molecule has 3 N–H and O–H groups in total. The fraction of sp³-hybridized carbons (Fsp3) is 0.273. The molecule has 0 saturated carbocycles. The fourth-order valence-corrected chi connectivity index (χ4v) is 1.15. The quantitative estimate of drug-likeness (QED) is 0.742. The van der Waals surface area contributed by atoms with Crippen molar-refractivity contribution >= 4 is 17.3 Å². The number of hydrogen-bond acceptors (Lipinski definition) is 4. The second-order valence-electron chi connectivity index (χ2n) is 3.20. The Morgan fingerprint density at radius 3 is 2.94 bits per heavy atom. The van der Waals surface area contributed by atoms with E-state index in [0.29, 0.717) is 23.5 Å². The van der Waals surface area contributed by atoms with Crippen LogP contribution in [0.4, 0.5) is 11.4 Å². The van der Waals surface area contributed by atoms with Gasteiger partial charge in [-0.25, -0.2) is 0 Å². The van der Waals surface area contributed by atoms with Gasteiger partial charge in [0, 0.05) is 7.11 Å². The Labute approximate surface area is 93.8 Å². The molecule has 0 atom stereocenters. The molecule has 0 saturated heterocycles. The summed E-state index contributed by atoms with van der Waals surface area (Å²) in [6.45, 7) is 0.363. The molecule has 84 valence electrons. The van der Waals surface area contributed by atoms with E-state index in [2.05, 4.69) is 5.32 Å². The molecule has 0 aromatic heterocycles. The molecular weight excluding hydrogens is 206 g/mol. The Bertz CT molecular complexity index is 424. The molecule has 0 aliphatic carbocycles. The second kappa shape index (κ2) is 5.73. The number of nitriles is 1. The predicted molar refractivity (Wildman–Crippen MR) is 60.7 cm³/mol. The van der Waals surface area contributed by atoms with Crippen molar-refractivity contribution in [2.45, 2.75) is 6.42 Å². The van der Waals surface area contributed by atoms with E-state index in [1.165, 1.54) is 13.2 Å². The van der Waals surface area contributed by atoms with Crippen LogP contribution in [0.15, 0.2) is 18.2 Å². The molecule has 1 amide bonds. The van der Waals surface area contributed by atoms with Crippen molar-refractivity contribution in [1.29, 1.82) is 5.26 Å². The number of benzene rings is 1. The molecule has 0 fully saturated rings. The van der Waals surface area contributed by atoms with Crippen LogP contribution in [0.25, 0.3) is 0 Å². The first-order valence-electron chi connectivity index (χ1n) is 4.75. The molecule has 0 heterocycles. The topological polar surface area (TPSA) is 88.1 Å². The van der Waals surface area contributed by atoms with Crippen molar-refractivity contribution < 1.29 is 9.53 Å². The molecule has 0 spiro atoms. The van der Waals surface area contributed by atoms with Crippen molar-refractivity contribution in [3.8, 4) is 6.07 Å². The number of anilines is 2.